The largest absolute Gasteiger partial charge is 0.325 e. The van der Waals surface area contributed by atoms with Gasteiger partial charge in [-0.25, -0.2) is 4.98 Å². The van der Waals surface area contributed by atoms with E-state index in [0.717, 1.165) is 14.8 Å². The van der Waals surface area contributed by atoms with E-state index in [0.29, 0.717) is 6.54 Å². The highest BCUT2D eigenvalue weighted by Crippen LogP contribution is 2.19. The summed E-state index contributed by atoms with van der Waals surface area (Å²) in [6, 6.07) is 3.80. The lowest BCUT2D eigenvalue weighted by Gasteiger charge is -1.97. The fourth-order valence-electron chi connectivity index (χ4n) is 0.569. The highest BCUT2D eigenvalue weighted by Gasteiger charge is 1.97. The highest BCUT2D eigenvalue weighted by atomic mass is 79.9. The third-order valence-corrected chi connectivity index (χ3v) is 2.85. The van der Waals surface area contributed by atoms with Crippen LogP contribution in [0.3, 0.4) is 0 Å². The van der Waals surface area contributed by atoms with E-state index in [1.54, 1.807) is 0 Å². The van der Waals surface area contributed by atoms with E-state index >= 15 is 0 Å². The Labute approximate surface area is 76.1 Å². The van der Waals surface area contributed by atoms with Crippen LogP contribution < -0.4 is 5.73 Å². The molecule has 0 saturated heterocycles. The predicted molar refractivity (Wildman–Crippen MR) is 47.5 cm³/mol. The van der Waals surface area contributed by atoms with Gasteiger partial charge in [0.05, 0.1) is 10.2 Å². The first-order valence-corrected chi connectivity index (χ1v) is 4.33. The van der Waals surface area contributed by atoms with Crippen molar-refractivity contribution in [2.45, 2.75) is 6.54 Å². The first-order valence-electron chi connectivity index (χ1n) is 2.75. The summed E-state index contributed by atoms with van der Waals surface area (Å²) in [5.41, 5.74) is 6.25. The number of nitrogens with zero attached hydrogens (tertiary/aromatic N) is 1. The Morgan fingerprint density at radius 2 is 2.10 bits per heavy atom. The Morgan fingerprint density at radius 1 is 1.40 bits per heavy atom. The molecule has 1 aromatic heterocycles. The van der Waals surface area contributed by atoms with Crippen molar-refractivity contribution in [3.63, 3.8) is 0 Å². The van der Waals surface area contributed by atoms with E-state index in [1.165, 1.54) is 0 Å². The SMILES string of the molecule is NCc1ccc(Br)c(Br)n1. The monoisotopic (exact) mass is 264 g/mol. The molecule has 0 atom stereocenters. The molecule has 0 fully saturated rings. The maximum absolute atomic E-state index is 5.37. The average Bonchev–Trinajstić information content (AvgIpc) is 1.95. The fourth-order valence-corrected chi connectivity index (χ4v) is 1.15. The second kappa shape index (κ2) is 3.46. The van der Waals surface area contributed by atoms with Gasteiger partial charge in [0, 0.05) is 6.54 Å². The quantitative estimate of drug-likeness (QED) is 0.790. The van der Waals surface area contributed by atoms with Gasteiger partial charge < -0.3 is 5.73 Å². The first kappa shape index (κ1) is 8.17. The molecule has 0 radical (unpaired) electrons. The van der Waals surface area contributed by atoms with Gasteiger partial charge in [0.25, 0.3) is 0 Å². The molecular formula is C6H6Br2N2. The smallest absolute Gasteiger partial charge is 0.120 e. The molecule has 0 aliphatic carbocycles. The number of pyridine rings is 1. The zero-order valence-electron chi connectivity index (χ0n) is 5.14. The molecule has 54 valence electrons. The molecule has 0 aliphatic heterocycles. The summed E-state index contributed by atoms with van der Waals surface area (Å²) in [6.07, 6.45) is 0. The minimum Gasteiger partial charge on any atom is -0.325 e. The molecule has 0 unspecified atom stereocenters. The van der Waals surface area contributed by atoms with Crippen LogP contribution in [0.5, 0.6) is 0 Å². The summed E-state index contributed by atoms with van der Waals surface area (Å²) in [4.78, 5) is 4.14. The van der Waals surface area contributed by atoms with Gasteiger partial charge in [0.2, 0.25) is 0 Å². The van der Waals surface area contributed by atoms with Crippen LogP contribution in [0.25, 0.3) is 0 Å². The molecule has 2 nitrogen and oxygen atoms in total. The number of hydrogen-bond acceptors (Lipinski definition) is 2. The van der Waals surface area contributed by atoms with Crippen LogP contribution in [-0.2, 0) is 6.54 Å². The standard InChI is InChI=1S/C6H6Br2N2/c7-5-2-1-4(3-9)10-6(5)8/h1-2H,3,9H2. The van der Waals surface area contributed by atoms with Gasteiger partial charge >= 0.3 is 0 Å². The Balaban J connectivity index is 3.04. The summed E-state index contributed by atoms with van der Waals surface area (Å²) in [5, 5.41) is 0. The molecule has 2 N–H and O–H groups in total. The normalized spacial score (nSPS) is 9.90. The van der Waals surface area contributed by atoms with Gasteiger partial charge in [-0.05, 0) is 44.0 Å². The maximum Gasteiger partial charge on any atom is 0.120 e. The van der Waals surface area contributed by atoms with Crippen LogP contribution in [0.4, 0.5) is 0 Å². The van der Waals surface area contributed by atoms with Crippen molar-refractivity contribution in [1.29, 1.82) is 0 Å². The topological polar surface area (TPSA) is 38.9 Å². The molecule has 1 aromatic rings. The molecule has 0 aliphatic rings. The van der Waals surface area contributed by atoms with Crippen molar-refractivity contribution in [1.82, 2.24) is 4.98 Å². The molecule has 0 aromatic carbocycles. The van der Waals surface area contributed by atoms with Crippen LogP contribution in [0, 0.1) is 0 Å². The molecule has 0 bridgehead atoms. The summed E-state index contributed by atoms with van der Waals surface area (Å²) in [6.45, 7) is 0.478. The molecule has 10 heavy (non-hydrogen) atoms. The fraction of sp³-hybridized carbons (Fsp3) is 0.167. The first-order chi connectivity index (χ1) is 4.74. The van der Waals surface area contributed by atoms with Gasteiger partial charge in [0.1, 0.15) is 4.60 Å². The molecule has 1 heterocycles. The van der Waals surface area contributed by atoms with E-state index in [-0.39, 0.29) is 0 Å². The third kappa shape index (κ3) is 1.78. The van der Waals surface area contributed by atoms with Gasteiger partial charge in [-0.1, -0.05) is 0 Å². The summed E-state index contributed by atoms with van der Waals surface area (Å²) >= 11 is 6.58. The summed E-state index contributed by atoms with van der Waals surface area (Å²) in [7, 11) is 0. The van der Waals surface area contributed by atoms with E-state index in [4.69, 9.17) is 5.73 Å². The van der Waals surface area contributed by atoms with Crippen molar-refractivity contribution in [2.75, 3.05) is 0 Å². The molecule has 0 saturated carbocycles. The van der Waals surface area contributed by atoms with E-state index in [2.05, 4.69) is 36.8 Å². The van der Waals surface area contributed by atoms with Gasteiger partial charge in [0.15, 0.2) is 0 Å². The van der Waals surface area contributed by atoms with Crippen LogP contribution in [0.2, 0.25) is 0 Å². The van der Waals surface area contributed by atoms with Crippen molar-refractivity contribution < 1.29 is 0 Å². The van der Waals surface area contributed by atoms with Crippen LogP contribution >= 0.6 is 31.9 Å². The van der Waals surface area contributed by atoms with Crippen LogP contribution in [-0.4, -0.2) is 4.98 Å². The Bertz CT molecular complexity index is 237. The van der Waals surface area contributed by atoms with Gasteiger partial charge in [-0.15, -0.1) is 0 Å². The van der Waals surface area contributed by atoms with Gasteiger partial charge in [-0.2, -0.15) is 0 Å². The average molecular weight is 266 g/mol. The number of hydrogen-bond donors (Lipinski definition) is 1. The second-order valence-corrected chi connectivity index (χ2v) is 3.38. The summed E-state index contributed by atoms with van der Waals surface area (Å²) in [5.74, 6) is 0. The number of aromatic nitrogens is 1. The molecule has 1 rings (SSSR count). The third-order valence-electron chi connectivity index (χ3n) is 1.07. The zero-order valence-corrected chi connectivity index (χ0v) is 8.31. The van der Waals surface area contributed by atoms with Crippen molar-refractivity contribution in [3.05, 3.63) is 26.9 Å². The number of halogens is 2. The minimum atomic E-state index is 0.478. The molecule has 0 spiro atoms. The van der Waals surface area contributed by atoms with E-state index in [1.807, 2.05) is 12.1 Å². The summed E-state index contributed by atoms with van der Waals surface area (Å²) < 4.78 is 1.75. The zero-order chi connectivity index (χ0) is 7.56. The lowest BCUT2D eigenvalue weighted by atomic mass is 10.4. The highest BCUT2D eigenvalue weighted by molar-refractivity contribution is 9.13. The Hall–Kier alpha value is 0.0700. The van der Waals surface area contributed by atoms with Crippen LogP contribution in [0.1, 0.15) is 5.69 Å². The minimum absolute atomic E-state index is 0.478. The molecule has 4 heteroatoms. The van der Waals surface area contributed by atoms with Crippen molar-refractivity contribution >= 4 is 31.9 Å². The van der Waals surface area contributed by atoms with E-state index in [9.17, 15) is 0 Å². The van der Waals surface area contributed by atoms with Crippen molar-refractivity contribution in [2.24, 2.45) is 5.73 Å². The van der Waals surface area contributed by atoms with Gasteiger partial charge in [-0.3, -0.25) is 0 Å². The molecule has 0 amide bonds. The lowest BCUT2D eigenvalue weighted by molar-refractivity contribution is 0.976. The lowest BCUT2D eigenvalue weighted by Crippen LogP contribution is -1.99. The second-order valence-electron chi connectivity index (χ2n) is 1.78. The maximum atomic E-state index is 5.37. The van der Waals surface area contributed by atoms with Crippen LogP contribution in [0.15, 0.2) is 21.2 Å². The van der Waals surface area contributed by atoms with Crippen molar-refractivity contribution in [3.8, 4) is 0 Å². The molecular weight excluding hydrogens is 260 g/mol. The predicted octanol–water partition coefficient (Wildman–Crippen LogP) is 2.07. The Morgan fingerprint density at radius 3 is 2.60 bits per heavy atom. The number of nitrogens with two attached hydrogens (primary N) is 1. The Kier molecular flexibility index (Phi) is 2.82. The van der Waals surface area contributed by atoms with E-state index < -0.39 is 0 Å². The number of rotatable bonds is 1.